The molecule has 0 bridgehead atoms. The van der Waals surface area contributed by atoms with Gasteiger partial charge in [0.2, 0.25) is 11.8 Å². The first kappa shape index (κ1) is 32.8. The minimum atomic E-state index is -0.897. The molecule has 0 saturated heterocycles. The molecule has 222 valence electrons. The van der Waals surface area contributed by atoms with Crippen molar-refractivity contribution in [2.75, 3.05) is 18.6 Å². The fourth-order valence-electron chi connectivity index (χ4n) is 4.69. The monoisotopic (exact) mass is 557 g/mol. The van der Waals surface area contributed by atoms with Crippen molar-refractivity contribution in [2.45, 2.75) is 99.4 Å². The number of likely N-dealkylation sites (N-methyl/N-ethyl adjacent to an activating group) is 1. The van der Waals surface area contributed by atoms with E-state index in [-0.39, 0.29) is 18.4 Å². The summed E-state index contributed by atoms with van der Waals surface area (Å²) in [6.07, 6.45) is 1.42. The number of anilines is 1. The fraction of sp³-hybridized carbons (Fsp3) is 0.613. The summed E-state index contributed by atoms with van der Waals surface area (Å²) in [5.74, 6) is -1.19. The van der Waals surface area contributed by atoms with Crippen LogP contribution in [0.4, 0.5) is 10.5 Å². The number of nitrogens with one attached hydrogen (secondary N) is 1. The maximum Gasteiger partial charge on any atom is 0.415 e. The molecule has 0 spiro atoms. The number of carbonyl (C=O) groups excluding carboxylic acids is 4. The highest BCUT2D eigenvalue weighted by Gasteiger charge is 2.44. The van der Waals surface area contributed by atoms with Gasteiger partial charge in [-0.1, -0.05) is 58.9 Å². The molecule has 3 amide bonds. The molecule has 2 rings (SSSR count). The lowest BCUT2D eigenvalue weighted by atomic mass is 9.84. The van der Waals surface area contributed by atoms with Gasteiger partial charge in [0, 0.05) is 19.0 Å². The van der Waals surface area contributed by atoms with Crippen molar-refractivity contribution in [1.29, 1.82) is 0 Å². The van der Waals surface area contributed by atoms with Crippen LogP contribution in [0.5, 0.6) is 0 Å². The number of esters is 1. The molecule has 9 nitrogen and oxygen atoms in total. The zero-order chi connectivity index (χ0) is 30.6. The second-order valence-electron chi connectivity index (χ2n) is 12.8. The van der Waals surface area contributed by atoms with E-state index in [4.69, 9.17) is 9.47 Å². The highest BCUT2D eigenvalue weighted by Crippen LogP contribution is 2.34. The first-order valence-corrected chi connectivity index (χ1v) is 13.9. The van der Waals surface area contributed by atoms with Crippen molar-refractivity contribution in [3.63, 3.8) is 0 Å². The summed E-state index contributed by atoms with van der Waals surface area (Å²) in [4.78, 5) is 56.2. The van der Waals surface area contributed by atoms with Crippen LogP contribution in [0.1, 0.15) is 74.8 Å². The predicted molar refractivity (Wildman–Crippen MR) is 156 cm³/mol. The SMILES string of the molecule is CCOC(=O)/C(C)=C/[C@H](C(C)C)N(C)C(=O)C(NC(=O)C1Cc2ccccc2N1C(=O)OC(C)(C)C)C(C)(C)C. The number of rotatable bonds is 8. The summed E-state index contributed by atoms with van der Waals surface area (Å²) in [6, 6.07) is 5.16. The molecule has 40 heavy (non-hydrogen) atoms. The van der Waals surface area contributed by atoms with E-state index in [0.29, 0.717) is 17.7 Å². The van der Waals surface area contributed by atoms with Gasteiger partial charge >= 0.3 is 12.1 Å². The van der Waals surface area contributed by atoms with Crippen LogP contribution in [0, 0.1) is 11.3 Å². The molecule has 0 aliphatic carbocycles. The molecule has 1 N–H and O–H groups in total. The van der Waals surface area contributed by atoms with Crippen molar-refractivity contribution in [2.24, 2.45) is 11.3 Å². The van der Waals surface area contributed by atoms with E-state index in [9.17, 15) is 19.2 Å². The summed E-state index contributed by atoms with van der Waals surface area (Å²) in [5, 5.41) is 2.96. The van der Waals surface area contributed by atoms with Gasteiger partial charge in [-0.2, -0.15) is 0 Å². The van der Waals surface area contributed by atoms with Crippen LogP contribution in [0.15, 0.2) is 35.9 Å². The summed E-state index contributed by atoms with van der Waals surface area (Å²) in [7, 11) is 1.67. The number of hydrogen-bond acceptors (Lipinski definition) is 6. The Labute approximate surface area is 239 Å². The fourth-order valence-corrected chi connectivity index (χ4v) is 4.69. The molecule has 0 fully saturated rings. The molecular weight excluding hydrogens is 510 g/mol. The largest absolute Gasteiger partial charge is 0.463 e. The van der Waals surface area contributed by atoms with E-state index in [1.54, 1.807) is 58.7 Å². The molecule has 0 saturated carbocycles. The van der Waals surface area contributed by atoms with Crippen LogP contribution in [0.3, 0.4) is 0 Å². The van der Waals surface area contributed by atoms with Crippen molar-refractivity contribution >= 4 is 29.6 Å². The summed E-state index contributed by atoms with van der Waals surface area (Å²) in [5.41, 5.74) is 0.484. The van der Waals surface area contributed by atoms with Gasteiger partial charge in [-0.15, -0.1) is 0 Å². The Morgan fingerprint density at radius 2 is 1.70 bits per heavy atom. The Morgan fingerprint density at radius 3 is 2.23 bits per heavy atom. The number of carbonyl (C=O) groups is 4. The highest BCUT2D eigenvalue weighted by atomic mass is 16.6. The maximum absolute atomic E-state index is 13.9. The summed E-state index contributed by atoms with van der Waals surface area (Å²) in [6.45, 7) is 18.5. The van der Waals surface area contributed by atoms with Crippen molar-refractivity contribution < 1.29 is 28.7 Å². The lowest BCUT2D eigenvalue weighted by Crippen LogP contribution is -2.60. The Morgan fingerprint density at radius 1 is 1.10 bits per heavy atom. The first-order valence-electron chi connectivity index (χ1n) is 13.9. The van der Waals surface area contributed by atoms with Gasteiger partial charge in [-0.05, 0) is 57.6 Å². The number of ether oxygens (including phenoxy) is 2. The normalized spacial score (nSPS) is 17.1. The van der Waals surface area contributed by atoms with E-state index in [1.807, 2.05) is 52.8 Å². The van der Waals surface area contributed by atoms with Crippen LogP contribution in [0.25, 0.3) is 0 Å². The average Bonchev–Trinajstić information content (AvgIpc) is 3.23. The second kappa shape index (κ2) is 12.9. The predicted octanol–water partition coefficient (Wildman–Crippen LogP) is 4.88. The second-order valence-corrected chi connectivity index (χ2v) is 12.8. The molecule has 1 aromatic rings. The summed E-state index contributed by atoms with van der Waals surface area (Å²) >= 11 is 0. The third-order valence-corrected chi connectivity index (χ3v) is 6.76. The summed E-state index contributed by atoms with van der Waals surface area (Å²) < 4.78 is 10.7. The quantitative estimate of drug-likeness (QED) is 0.361. The van der Waals surface area contributed by atoms with E-state index < -0.39 is 47.1 Å². The minimum Gasteiger partial charge on any atom is -0.463 e. The van der Waals surface area contributed by atoms with Gasteiger partial charge in [0.25, 0.3) is 0 Å². The molecule has 9 heteroatoms. The van der Waals surface area contributed by atoms with Gasteiger partial charge in [-0.25, -0.2) is 9.59 Å². The number of fused-ring (bicyclic) bond motifs is 1. The first-order chi connectivity index (χ1) is 18.4. The highest BCUT2D eigenvalue weighted by molar-refractivity contribution is 6.02. The zero-order valence-electron chi connectivity index (χ0n) is 26.0. The van der Waals surface area contributed by atoms with Gasteiger partial charge in [-0.3, -0.25) is 14.5 Å². The van der Waals surface area contributed by atoms with E-state index in [1.165, 1.54) is 4.90 Å². The smallest absolute Gasteiger partial charge is 0.415 e. The van der Waals surface area contributed by atoms with Gasteiger partial charge in [0.05, 0.1) is 18.3 Å². The Balaban J connectivity index is 2.38. The standard InChI is InChI=1S/C31H47N3O6/c1-12-39-28(37)20(4)17-23(19(2)3)33(11)27(36)25(30(5,6)7)32-26(35)24-18-21-15-13-14-16-22(21)34(24)29(38)40-31(8,9)10/h13-17,19,23-25H,12,18H2,1-11H3,(H,32,35)/b20-17+/t23-,24?,25?/m1/s1. The number of nitrogens with zero attached hydrogens (tertiary/aromatic N) is 2. The molecule has 2 unspecified atom stereocenters. The van der Waals surface area contributed by atoms with Crippen LogP contribution in [-0.4, -0.2) is 66.2 Å². The number of benzene rings is 1. The molecule has 3 atom stereocenters. The Hall–Kier alpha value is -3.36. The van der Waals surface area contributed by atoms with E-state index in [0.717, 1.165) is 5.56 Å². The third-order valence-electron chi connectivity index (χ3n) is 6.76. The molecule has 1 aliphatic rings. The number of hydrogen-bond donors (Lipinski definition) is 1. The lowest BCUT2D eigenvalue weighted by molar-refractivity contribution is -0.140. The molecule has 1 heterocycles. The molecule has 0 aromatic heterocycles. The van der Waals surface area contributed by atoms with Crippen molar-refractivity contribution in [3.05, 3.63) is 41.5 Å². The van der Waals surface area contributed by atoms with Gasteiger partial charge in [0.15, 0.2) is 0 Å². The molecule has 0 radical (unpaired) electrons. The van der Waals surface area contributed by atoms with Crippen LogP contribution < -0.4 is 10.2 Å². The Bertz CT molecular complexity index is 1130. The number of amides is 3. The maximum atomic E-state index is 13.9. The average molecular weight is 558 g/mol. The van der Waals surface area contributed by atoms with E-state index >= 15 is 0 Å². The molecular formula is C31H47N3O6. The topological polar surface area (TPSA) is 105 Å². The zero-order valence-corrected chi connectivity index (χ0v) is 26.0. The van der Waals surface area contributed by atoms with E-state index in [2.05, 4.69) is 5.32 Å². The van der Waals surface area contributed by atoms with Crippen LogP contribution in [-0.2, 0) is 30.3 Å². The Kier molecular flexibility index (Phi) is 10.6. The lowest BCUT2D eigenvalue weighted by Gasteiger charge is -2.38. The van der Waals surface area contributed by atoms with Gasteiger partial charge < -0.3 is 19.7 Å². The number of para-hydroxylation sites is 1. The molecule has 1 aliphatic heterocycles. The van der Waals surface area contributed by atoms with Crippen LogP contribution in [0.2, 0.25) is 0 Å². The van der Waals surface area contributed by atoms with Gasteiger partial charge in [0.1, 0.15) is 17.7 Å². The minimum absolute atomic E-state index is 0.0124. The van der Waals surface area contributed by atoms with Crippen LogP contribution >= 0.6 is 0 Å². The molecule has 1 aromatic carbocycles. The van der Waals surface area contributed by atoms with Crippen molar-refractivity contribution in [1.82, 2.24) is 10.2 Å². The third kappa shape index (κ3) is 8.08. The van der Waals surface area contributed by atoms with Crippen molar-refractivity contribution in [3.8, 4) is 0 Å².